The number of nitrogens with one attached hydrogen (secondary N) is 2. The van der Waals surface area contributed by atoms with Gasteiger partial charge >= 0.3 is 5.97 Å². The van der Waals surface area contributed by atoms with E-state index in [1.54, 1.807) is 6.07 Å². The Hall–Kier alpha value is -4.65. The van der Waals surface area contributed by atoms with E-state index in [9.17, 15) is 14.0 Å². The normalized spacial score (nSPS) is 12.3. The molecule has 41 heavy (non-hydrogen) atoms. The number of nitrogens with zero attached hydrogens (tertiary/aromatic N) is 1. The number of rotatable bonds is 9. The Morgan fingerprint density at radius 3 is 2.46 bits per heavy atom. The van der Waals surface area contributed by atoms with E-state index in [4.69, 9.17) is 4.74 Å². The van der Waals surface area contributed by atoms with Crippen LogP contribution in [0.1, 0.15) is 55.5 Å². The summed E-state index contributed by atoms with van der Waals surface area (Å²) in [7, 11) is 0. The van der Waals surface area contributed by atoms with Crippen LogP contribution >= 0.6 is 0 Å². The van der Waals surface area contributed by atoms with Gasteiger partial charge < -0.3 is 19.6 Å². The van der Waals surface area contributed by atoms with Crippen LogP contribution in [0, 0.1) is 5.82 Å². The minimum absolute atomic E-state index is 0.160. The maximum Gasteiger partial charge on any atom is 0.306 e. The van der Waals surface area contributed by atoms with E-state index >= 15 is 0 Å². The highest BCUT2D eigenvalue weighted by molar-refractivity contribution is 5.87. The number of amides is 1. The highest BCUT2D eigenvalue weighted by Gasteiger charge is 2.22. The van der Waals surface area contributed by atoms with Gasteiger partial charge in [-0.2, -0.15) is 0 Å². The zero-order valence-corrected chi connectivity index (χ0v) is 23.5. The van der Waals surface area contributed by atoms with Crippen molar-refractivity contribution in [2.75, 3.05) is 0 Å². The van der Waals surface area contributed by atoms with E-state index in [1.807, 2.05) is 105 Å². The zero-order valence-electron chi connectivity index (χ0n) is 23.5. The average Bonchev–Trinajstić information content (AvgIpc) is 3.61. The Kier molecular flexibility index (Phi) is 8.06. The van der Waals surface area contributed by atoms with Gasteiger partial charge in [0.1, 0.15) is 11.4 Å². The molecule has 0 bridgehead atoms. The summed E-state index contributed by atoms with van der Waals surface area (Å²) < 4.78 is 21.6. The monoisotopic (exact) mass is 551 g/mol. The highest BCUT2D eigenvalue weighted by Crippen LogP contribution is 2.29. The lowest BCUT2D eigenvalue weighted by atomic mass is 9.96. The molecule has 0 aliphatic heterocycles. The summed E-state index contributed by atoms with van der Waals surface area (Å²) in [6.45, 7) is 5.56. The van der Waals surface area contributed by atoms with Crippen molar-refractivity contribution in [1.29, 1.82) is 0 Å². The number of halogens is 1. The molecule has 2 aromatic heterocycles. The molecule has 0 saturated carbocycles. The van der Waals surface area contributed by atoms with Gasteiger partial charge in [0.15, 0.2) is 0 Å². The molecular formula is C34H34FN3O3. The first kappa shape index (κ1) is 27.9. The fourth-order valence-electron chi connectivity index (χ4n) is 5.03. The smallest absolute Gasteiger partial charge is 0.306 e. The van der Waals surface area contributed by atoms with Crippen molar-refractivity contribution in [3.8, 4) is 5.69 Å². The Balaban J connectivity index is 1.37. The molecular weight excluding hydrogens is 517 g/mol. The molecule has 1 unspecified atom stereocenters. The van der Waals surface area contributed by atoms with Crippen LogP contribution in [0.2, 0.25) is 0 Å². The van der Waals surface area contributed by atoms with E-state index in [1.165, 1.54) is 12.1 Å². The van der Waals surface area contributed by atoms with Crippen molar-refractivity contribution in [2.24, 2.45) is 0 Å². The summed E-state index contributed by atoms with van der Waals surface area (Å²) >= 11 is 0. The lowest BCUT2D eigenvalue weighted by Gasteiger charge is -2.23. The molecule has 0 aliphatic rings. The molecule has 5 aromatic rings. The van der Waals surface area contributed by atoms with Gasteiger partial charge in [-0.1, -0.05) is 42.5 Å². The van der Waals surface area contributed by atoms with Gasteiger partial charge in [0.2, 0.25) is 5.91 Å². The molecule has 5 rings (SSSR count). The van der Waals surface area contributed by atoms with Crippen molar-refractivity contribution < 1.29 is 18.7 Å². The molecule has 2 heterocycles. The summed E-state index contributed by atoms with van der Waals surface area (Å²) in [5, 5.41) is 4.17. The number of carbonyl (C=O) groups is 2. The van der Waals surface area contributed by atoms with Crippen LogP contribution in [0.4, 0.5) is 4.39 Å². The molecule has 0 saturated heterocycles. The molecule has 0 fully saturated rings. The predicted molar refractivity (Wildman–Crippen MR) is 158 cm³/mol. The van der Waals surface area contributed by atoms with Gasteiger partial charge in [-0.25, -0.2) is 4.39 Å². The molecule has 0 radical (unpaired) electrons. The molecule has 210 valence electrons. The quantitative estimate of drug-likeness (QED) is 0.197. The number of ether oxygens (including phenoxy) is 1. The predicted octanol–water partition coefficient (Wildman–Crippen LogP) is 6.82. The molecule has 1 amide bonds. The summed E-state index contributed by atoms with van der Waals surface area (Å²) in [5.41, 5.74) is 4.61. The molecule has 0 spiro atoms. The van der Waals surface area contributed by atoms with Crippen molar-refractivity contribution in [2.45, 2.75) is 51.7 Å². The Bertz CT molecular complexity index is 1650. The van der Waals surface area contributed by atoms with E-state index in [2.05, 4.69) is 10.3 Å². The maximum atomic E-state index is 14.3. The van der Waals surface area contributed by atoms with Crippen molar-refractivity contribution >= 4 is 22.8 Å². The number of fused-ring (bicyclic) bond motifs is 1. The minimum atomic E-state index is -0.522. The van der Waals surface area contributed by atoms with Gasteiger partial charge in [0, 0.05) is 41.5 Å². The number of hydrogen-bond donors (Lipinski definition) is 2. The van der Waals surface area contributed by atoms with E-state index < -0.39 is 11.6 Å². The number of aryl methyl sites for hydroxylation is 1. The van der Waals surface area contributed by atoms with Gasteiger partial charge in [0.05, 0.1) is 18.2 Å². The number of hydrogen-bond acceptors (Lipinski definition) is 3. The second kappa shape index (κ2) is 11.8. The molecule has 6 nitrogen and oxygen atoms in total. The number of aromatic nitrogens is 2. The lowest BCUT2D eigenvalue weighted by molar-refractivity contribution is -0.154. The number of benzene rings is 3. The third-order valence-corrected chi connectivity index (χ3v) is 6.84. The number of carbonyl (C=O) groups excluding carboxylic acids is 2. The van der Waals surface area contributed by atoms with Crippen molar-refractivity contribution in [3.63, 3.8) is 0 Å². The molecule has 1 atom stereocenters. The van der Waals surface area contributed by atoms with E-state index in [0.717, 1.165) is 33.2 Å². The summed E-state index contributed by atoms with van der Waals surface area (Å²) in [6, 6.07) is 23.5. The largest absolute Gasteiger partial charge is 0.460 e. The SMILES string of the molecule is CC(C)(C)OC(=O)CCc1c[nH]c2ccc(CC(=O)NC(c3ccccc3)c3ccc(F)cc3-n3cccc3)cc12. The Morgan fingerprint density at radius 1 is 0.976 bits per heavy atom. The molecule has 7 heteroatoms. The van der Waals surface area contributed by atoms with Crippen LogP contribution in [-0.2, 0) is 27.2 Å². The molecule has 3 aromatic carbocycles. The summed E-state index contributed by atoms with van der Waals surface area (Å²) in [4.78, 5) is 29.0. The van der Waals surface area contributed by atoms with Crippen LogP contribution in [0.3, 0.4) is 0 Å². The van der Waals surface area contributed by atoms with Crippen LogP contribution in [0.25, 0.3) is 16.6 Å². The van der Waals surface area contributed by atoms with E-state index in [0.29, 0.717) is 12.1 Å². The van der Waals surface area contributed by atoms with Crippen LogP contribution < -0.4 is 5.32 Å². The molecule has 2 N–H and O–H groups in total. The van der Waals surface area contributed by atoms with Crippen molar-refractivity contribution in [3.05, 3.63) is 126 Å². The first-order valence-electron chi connectivity index (χ1n) is 13.7. The fraction of sp³-hybridized carbons (Fsp3) is 0.235. The number of aromatic amines is 1. The zero-order chi connectivity index (χ0) is 29.0. The van der Waals surface area contributed by atoms with Crippen LogP contribution in [0.15, 0.2) is 97.5 Å². The van der Waals surface area contributed by atoms with Gasteiger partial charge in [0.25, 0.3) is 0 Å². The third-order valence-electron chi connectivity index (χ3n) is 6.84. The third kappa shape index (κ3) is 6.92. The average molecular weight is 552 g/mol. The minimum Gasteiger partial charge on any atom is -0.460 e. The van der Waals surface area contributed by atoms with Crippen molar-refractivity contribution in [1.82, 2.24) is 14.9 Å². The first-order valence-corrected chi connectivity index (χ1v) is 13.7. The topological polar surface area (TPSA) is 76.1 Å². The van der Waals surface area contributed by atoms with Gasteiger partial charge in [-0.3, -0.25) is 9.59 Å². The van der Waals surface area contributed by atoms with Crippen LogP contribution in [0.5, 0.6) is 0 Å². The fourth-order valence-corrected chi connectivity index (χ4v) is 5.03. The lowest BCUT2D eigenvalue weighted by Crippen LogP contribution is -2.31. The number of H-pyrrole nitrogens is 1. The summed E-state index contributed by atoms with van der Waals surface area (Å²) in [6.07, 6.45) is 6.59. The van der Waals surface area contributed by atoms with E-state index in [-0.39, 0.29) is 30.5 Å². The van der Waals surface area contributed by atoms with Crippen LogP contribution in [-0.4, -0.2) is 27.0 Å². The number of esters is 1. The summed E-state index contributed by atoms with van der Waals surface area (Å²) in [5.74, 6) is -0.751. The highest BCUT2D eigenvalue weighted by atomic mass is 19.1. The second-order valence-electron chi connectivity index (χ2n) is 11.2. The molecule has 0 aliphatic carbocycles. The maximum absolute atomic E-state index is 14.3. The van der Waals surface area contributed by atoms with Gasteiger partial charge in [-0.15, -0.1) is 0 Å². The first-order chi connectivity index (χ1) is 19.7. The Labute approximate surface area is 239 Å². The Morgan fingerprint density at radius 2 is 1.73 bits per heavy atom. The van der Waals surface area contributed by atoms with Gasteiger partial charge in [-0.05, 0) is 80.3 Å². The standard InChI is InChI=1S/C34H34FN3O3/c1-34(2,3)41-32(40)16-12-25-22-36-29-15-11-23(19-28(25)29)20-31(39)37-33(24-9-5-4-6-10-24)27-14-13-26(35)21-30(27)38-17-7-8-18-38/h4-11,13-15,17-19,21-22,33,36H,12,16,20H2,1-3H3,(H,37,39). The second-order valence-corrected chi connectivity index (χ2v) is 11.2.